The van der Waals surface area contributed by atoms with Crippen LogP contribution in [-0.4, -0.2) is 41.2 Å². The van der Waals surface area contributed by atoms with Crippen molar-refractivity contribution < 1.29 is 4.79 Å². The summed E-state index contributed by atoms with van der Waals surface area (Å²) in [6.45, 7) is 3.66. The van der Waals surface area contributed by atoms with E-state index >= 15 is 0 Å². The lowest BCUT2D eigenvalue weighted by atomic mass is 10.2. The summed E-state index contributed by atoms with van der Waals surface area (Å²) in [4.78, 5) is 25.7. The summed E-state index contributed by atoms with van der Waals surface area (Å²) in [6, 6.07) is 14.6. The normalized spacial score (nSPS) is 11.0. The Bertz CT molecular complexity index is 1340. The highest BCUT2D eigenvalue weighted by Gasteiger charge is 2.22. The quantitative estimate of drug-likeness (QED) is 0.435. The van der Waals surface area contributed by atoms with E-state index in [2.05, 4.69) is 20.8 Å². The number of nitrogens with one attached hydrogen (secondary N) is 1. The summed E-state index contributed by atoms with van der Waals surface area (Å²) in [5.41, 5.74) is 2.92. The van der Waals surface area contributed by atoms with E-state index in [9.17, 15) is 9.59 Å². The maximum atomic E-state index is 13.2. The number of rotatable bonds is 6. The van der Waals surface area contributed by atoms with Crippen LogP contribution in [-0.2, 0) is 11.8 Å². The van der Waals surface area contributed by atoms with Gasteiger partial charge in [-0.2, -0.15) is 4.68 Å². The molecule has 1 amide bonds. The van der Waals surface area contributed by atoms with Gasteiger partial charge in [0.15, 0.2) is 5.69 Å². The molecule has 4 rings (SSSR count). The summed E-state index contributed by atoms with van der Waals surface area (Å²) >= 11 is 7.25. The number of hydrogen-bond donors (Lipinski definition) is 1. The third-order valence-corrected chi connectivity index (χ3v) is 6.38. The second-order valence-electron chi connectivity index (χ2n) is 7.03. The molecular formula is C21H20ClN7O2S. The van der Waals surface area contributed by atoms with Gasteiger partial charge in [-0.05, 0) is 54.1 Å². The van der Waals surface area contributed by atoms with Crippen molar-refractivity contribution in [2.24, 2.45) is 7.05 Å². The topological polar surface area (TPSA) is 99.6 Å². The predicted octanol–water partition coefficient (Wildman–Crippen LogP) is 3.15. The standard InChI is InChI=1S/C21H20ClN7O2S/c1-13-16(22)10-7-11-17(13)23-18(30)12-32-21-24-25-26-28(21)19-14(2)27(3)29(20(19)31)15-8-5-4-6-9-15/h4-11H,12H2,1-3H3,(H,23,30). The highest BCUT2D eigenvalue weighted by Crippen LogP contribution is 2.24. The Morgan fingerprint density at radius 2 is 1.88 bits per heavy atom. The molecule has 0 bridgehead atoms. The molecule has 0 aliphatic carbocycles. The zero-order valence-electron chi connectivity index (χ0n) is 17.6. The van der Waals surface area contributed by atoms with Crippen LogP contribution in [0.2, 0.25) is 5.02 Å². The fraction of sp³-hybridized carbons (Fsp3) is 0.190. The molecule has 0 aliphatic rings. The Kier molecular flexibility index (Phi) is 6.15. The van der Waals surface area contributed by atoms with Crippen LogP contribution in [0.25, 0.3) is 11.4 Å². The Balaban J connectivity index is 1.58. The van der Waals surface area contributed by atoms with Crippen molar-refractivity contribution in [3.8, 4) is 11.4 Å². The number of nitrogens with zero attached hydrogens (tertiary/aromatic N) is 6. The van der Waals surface area contributed by atoms with Crippen molar-refractivity contribution >= 4 is 35.0 Å². The first kappa shape index (κ1) is 21.8. The van der Waals surface area contributed by atoms with Crippen molar-refractivity contribution in [3.05, 3.63) is 75.2 Å². The van der Waals surface area contributed by atoms with Gasteiger partial charge in [0.1, 0.15) is 0 Å². The molecule has 0 saturated carbocycles. The lowest BCUT2D eigenvalue weighted by Crippen LogP contribution is -2.22. The second kappa shape index (κ2) is 9.01. The van der Waals surface area contributed by atoms with E-state index in [4.69, 9.17) is 11.6 Å². The number of tetrazole rings is 1. The lowest BCUT2D eigenvalue weighted by molar-refractivity contribution is -0.113. The van der Waals surface area contributed by atoms with Crippen LogP contribution >= 0.6 is 23.4 Å². The predicted molar refractivity (Wildman–Crippen MR) is 124 cm³/mol. The van der Waals surface area contributed by atoms with Gasteiger partial charge < -0.3 is 5.32 Å². The number of thioether (sulfide) groups is 1. The van der Waals surface area contributed by atoms with Crippen molar-refractivity contribution in [2.45, 2.75) is 19.0 Å². The van der Waals surface area contributed by atoms with Crippen LogP contribution in [0, 0.1) is 13.8 Å². The average molecular weight is 470 g/mol. The Hall–Kier alpha value is -3.37. The minimum absolute atomic E-state index is 0.0606. The van der Waals surface area contributed by atoms with Crippen LogP contribution in [0.4, 0.5) is 5.69 Å². The first-order valence-electron chi connectivity index (χ1n) is 9.69. The summed E-state index contributed by atoms with van der Waals surface area (Å²) in [7, 11) is 1.80. The largest absolute Gasteiger partial charge is 0.325 e. The van der Waals surface area contributed by atoms with E-state index in [0.717, 1.165) is 23.0 Å². The summed E-state index contributed by atoms with van der Waals surface area (Å²) in [6.07, 6.45) is 0. The summed E-state index contributed by atoms with van der Waals surface area (Å²) in [5, 5.41) is 15.5. The Morgan fingerprint density at radius 3 is 2.62 bits per heavy atom. The zero-order valence-corrected chi connectivity index (χ0v) is 19.2. The van der Waals surface area contributed by atoms with E-state index in [1.54, 1.807) is 34.6 Å². The van der Waals surface area contributed by atoms with Crippen molar-refractivity contribution in [1.82, 2.24) is 29.6 Å². The highest BCUT2D eigenvalue weighted by molar-refractivity contribution is 7.99. The van der Waals surface area contributed by atoms with Crippen LogP contribution in [0.15, 0.2) is 58.5 Å². The van der Waals surface area contributed by atoms with Gasteiger partial charge >= 0.3 is 0 Å². The Morgan fingerprint density at radius 1 is 1.12 bits per heavy atom. The first-order chi connectivity index (χ1) is 15.4. The van der Waals surface area contributed by atoms with Crippen molar-refractivity contribution in [2.75, 3.05) is 11.1 Å². The molecule has 2 heterocycles. The maximum absolute atomic E-state index is 13.2. The summed E-state index contributed by atoms with van der Waals surface area (Å²) in [5.74, 6) is -0.174. The number of hydrogen-bond acceptors (Lipinski definition) is 6. The van der Waals surface area contributed by atoms with Gasteiger partial charge in [0, 0.05) is 17.8 Å². The monoisotopic (exact) mass is 469 g/mol. The number of aromatic nitrogens is 6. The van der Waals surface area contributed by atoms with Gasteiger partial charge in [0.05, 0.1) is 17.1 Å². The molecule has 0 spiro atoms. The molecule has 9 nitrogen and oxygen atoms in total. The molecule has 2 aromatic carbocycles. The Labute approximate surface area is 193 Å². The van der Waals surface area contributed by atoms with E-state index < -0.39 is 0 Å². The molecule has 0 aliphatic heterocycles. The molecule has 0 fully saturated rings. The number of anilines is 1. The third kappa shape index (κ3) is 4.06. The lowest BCUT2D eigenvalue weighted by Gasteiger charge is -2.09. The number of carbonyl (C=O) groups excluding carboxylic acids is 1. The van der Waals surface area contributed by atoms with Gasteiger partial charge in [-0.15, -0.1) is 5.10 Å². The fourth-order valence-corrected chi connectivity index (χ4v) is 4.12. The van der Waals surface area contributed by atoms with Gasteiger partial charge in [-0.1, -0.05) is 47.6 Å². The minimum Gasteiger partial charge on any atom is -0.325 e. The molecule has 0 saturated heterocycles. The number of para-hydroxylation sites is 1. The highest BCUT2D eigenvalue weighted by atomic mass is 35.5. The van der Waals surface area contributed by atoms with E-state index in [0.29, 0.717) is 27.2 Å². The molecule has 164 valence electrons. The first-order valence-corrected chi connectivity index (χ1v) is 11.1. The van der Waals surface area contributed by atoms with Crippen molar-refractivity contribution in [1.29, 1.82) is 0 Å². The second-order valence-corrected chi connectivity index (χ2v) is 8.38. The van der Waals surface area contributed by atoms with E-state index in [1.807, 2.05) is 44.2 Å². The molecule has 0 atom stereocenters. The molecule has 0 radical (unpaired) electrons. The maximum Gasteiger partial charge on any atom is 0.297 e. The number of halogens is 1. The van der Waals surface area contributed by atoms with Crippen LogP contribution in [0.1, 0.15) is 11.3 Å². The smallest absolute Gasteiger partial charge is 0.297 e. The molecule has 0 unspecified atom stereocenters. The van der Waals surface area contributed by atoms with E-state index in [1.165, 1.54) is 4.68 Å². The third-order valence-electron chi connectivity index (χ3n) is 5.05. The molecule has 1 N–H and O–H groups in total. The van der Waals surface area contributed by atoms with Gasteiger partial charge in [-0.25, -0.2) is 4.68 Å². The number of amides is 1. The zero-order chi connectivity index (χ0) is 22.8. The molecule has 4 aromatic rings. The SMILES string of the molecule is Cc1c(Cl)cccc1NC(=O)CSc1nnnn1-c1c(C)n(C)n(-c2ccccc2)c1=O. The molecule has 11 heteroatoms. The fourth-order valence-electron chi connectivity index (χ4n) is 3.27. The van der Waals surface area contributed by atoms with Gasteiger partial charge in [-0.3, -0.25) is 14.3 Å². The van der Waals surface area contributed by atoms with Crippen LogP contribution < -0.4 is 10.9 Å². The molecular weight excluding hydrogens is 450 g/mol. The van der Waals surface area contributed by atoms with Gasteiger partial charge in [0.2, 0.25) is 11.1 Å². The van der Waals surface area contributed by atoms with Crippen molar-refractivity contribution in [3.63, 3.8) is 0 Å². The summed E-state index contributed by atoms with van der Waals surface area (Å²) < 4.78 is 4.67. The number of benzene rings is 2. The van der Waals surface area contributed by atoms with Gasteiger partial charge in [0.25, 0.3) is 5.56 Å². The molecule has 2 aromatic heterocycles. The molecule has 32 heavy (non-hydrogen) atoms. The van der Waals surface area contributed by atoms with Crippen LogP contribution in [0.5, 0.6) is 0 Å². The number of carbonyl (C=O) groups is 1. The average Bonchev–Trinajstić information content (AvgIpc) is 3.32. The van der Waals surface area contributed by atoms with Crippen LogP contribution in [0.3, 0.4) is 0 Å². The minimum atomic E-state index is -0.260. The van der Waals surface area contributed by atoms with E-state index in [-0.39, 0.29) is 17.2 Å².